The van der Waals surface area contributed by atoms with Crippen molar-refractivity contribution in [2.75, 3.05) is 0 Å². The van der Waals surface area contributed by atoms with Crippen LogP contribution in [0.4, 0.5) is 0 Å². The van der Waals surface area contributed by atoms with E-state index >= 15 is 0 Å². The predicted molar refractivity (Wildman–Crippen MR) is 89.7 cm³/mol. The summed E-state index contributed by atoms with van der Waals surface area (Å²) < 4.78 is 6.12. The zero-order valence-electron chi connectivity index (χ0n) is 11.7. The number of rotatable bonds is 2. The number of fused-ring (bicyclic) bond motifs is 2. The lowest BCUT2D eigenvalue weighted by Gasteiger charge is -2.05. The third-order valence-corrected chi connectivity index (χ3v) is 4.60. The Morgan fingerprint density at radius 1 is 1.13 bits per heavy atom. The zero-order chi connectivity index (χ0) is 16.0. The predicted octanol–water partition coefficient (Wildman–Crippen LogP) is 3.52. The van der Waals surface area contributed by atoms with Crippen molar-refractivity contribution in [3.63, 3.8) is 0 Å². The Bertz CT molecular complexity index is 1090. The molecule has 0 saturated heterocycles. The van der Waals surface area contributed by atoms with Crippen molar-refractivity contribution in [2.24, 2.45) is 0 Å². The van der Waals surface area contributed by atoms with Gasteiger partial charge in [0, 0.05) is 0 Å². The maximum absolute atomic E-state index is 12.2. The van der Waals surface area contributed by atoms with Crippen LogP contribution >= 0.6 is 11.3 Å². The summed E-state index contributed by atoms with van der Waals surface area (Å²) in [5, 5.41) is 19.5. The molecule has 4 rings (SSSR count). The molecule has 2 heterocycles. The van der Waals surface area contributed by atoms with E-state index in [0.717, 1.165) is 10.2 Å². The first-order valence-corrected chi connectivity index (χ1v) is 7.66. The number of para-hydroxylation sites is 2. The van der Waals surface area contributed by atoms with Gasteiger partial charge in [0.15, 0.2) is 0 Å². The van der Waals surface area contributed by atoms with Crippen LogP contribution in [0.2, 0.25) is 0 Å². The Labute approximate surface area is 134 Å². The van der Waals surface area contributed by atoms with Crippen molar-refractivity contribution in [2.45, 2.75) is 0 Å². The topological polar surface area (TPSA) is 87.2 Å². The van der Waals surface area contributed by atoms with E-state index in [9.17, 15) is 9.90 Å². The van der Waals surface area contributed by atoms with E-state index in [0.29, 0.717) is 10.4 Å². The van der Waals surface area contributed by atoms with Crippen LogP contribution < -0.4 is 5.63 Å². The van der Waals surface area contributed by atoms with Gasteiger partial charge in [0.25, 0.3) is 0 Å². The second kappa shape index (κ2) is 5.03. The Morgan fingerprint density at radius 2 is 1.87 bits per heavy atom. The number of nitrogens with one attached hydrogen (secondary N) is 1. The van der Waals surface area contributed by atoms with Gasteiger partial charge in [-0.1, -0.05) is 24.3 Å². The highest BCUT2D eigenvalue weighted by Gasteiger charge is 2.21. The number of thiazole rings is 1. The number of benzene rings is 2. The van der Waals surface area contributed by atoms with Crippen LogP contribution in [0.15, 0.2) is 57.7 Å². The highest BCUT2D eigenvalue weighted by molar-refractivity contribution is 7.20. The smallest absolute Gasteiger partial charge is 0.349 e. The van der Waals surface area contributed by atoms with Gasteiger partial charge in [0.05, 0.1) is 15.6 Å². The zero-order valence-corrected chi connectivity index (χ0v) is 12.6. The molecule has 0 atom stereocenters. The lowest BCUT2D eigenvalue weighted by atomic mass is 10.1. The first-order chi connectivity index (χ1) is 11.1. The lowest BCUT2D eigenvalue weighted by molar-refractivity contribution is 0.466. The monoisotopic (exact) mass is 322 g/mol. The summed E-state index contributed by atoms with van der Waals surface area (Å²) in [7, 11) is 0. The minimum atomic E-state index is -0.745. The molecular formula is C17H10N2O3S. The van der Waals surface area contributed by atoms with Crippen LogP contribution in [0.5, 0.6) is 5.75 Å². The fraction of sp³-hybridized carbons (Fsp3) is 0. The number of hydrogen-bond donors (Lipinski definition) is 2. The Kier molecular flexibility index (Phi) is 2.99. The van der Waals surface area contributed by atoms with E-state index in [4.69, 9.17) is 9.83 Å². The second-order valence-electron chi connectivity index (χ2n) is 4.97. The summed E-state index contributed by atoms with van der Waals surface area (Å²) in [4.78, 5) is 16.5. The molecule has 5 nitrogen and oxygen atoms in total. The van der Waals surface area contributed by atoms with Gasteiger partial charge < -0.3 is 9.52 Å². The highest BCUT2D eigenvalue weighted by Crippen LogP contribution is 2.29. The normalized spacial score (nSPS) is 11.1. The van der Waals surface area contributed by atoms with Gasteiger partial charge in [-0.05, 0) is 24.3 Å². The number of aromatic nitrogens is 1. The van der Waals surface area contributed by atoms with Crippen molar-refractivity contribution < 1.29 is 9.52 Å². The summed E-state index contributed by atoms with van der Waals surface area (Å²) in [5.74, 6) is -0.249. The maximum atomic E-state index is 12.2. The van der Waals surface area contributed by atoms with Gasteiger partial charge in [-0.3, -0.25) is 5.41 Å². The van der Waals surface area contributed by atoms with Gasteiger partial charge in [-0.15, -0.1) is 11.3 Å². The first-order valence-electron chi connectivity index (χ1n) is 6.85. The van der Waals surface area contributed by atoms with Crippen LogP contribution in [0, 0.1) is 5.41 Å². The highest BCUT2D eigenvalue weighted by atomic mass is 32.1. The molecule has 6 heteroatoms. The molecule has 0 unspecified atom stereocenters. The fourth-order valence-electron chi connectivity index (χ4n) is 2.44. The van der Waals surface area contributed by atoms with Crippen molar-refractivity contribution in [3.8, 4) is 5.75 Å². The molecule has 2 aromatic carbocycles. The summed E-state index contributed by atoms with van der Waals surface area (Å²) in [6.45, 7) is 0. The van der Waals surface area contributed by atoms with Crippen molar-refractivity contribution in [1.29, 1.82) is 5.41 Å². The van der Waals surface area contributed by atoms with E-state index in [1.54, 1.807) is 24.3 Å². The SMILES string of the molecule is N=C(c1nc2ccccc2s1)c1c(O)c2ccccc2oc1=O. The van der Waals surface area contributed by atoms with Gasteiger partial charge in [0.2, 0.25) is 0 Å². The number of aromatic hydroxyl groups is 1. The van der Waals surface area contributed by atoms with E-state index in [-0.39, 0.29) is 22.6 Å². The molecule has 4 aromatic rings. The molecule has 2 aromatic heterocycles. The minimum absolute atomic E-state index is 0.136. The summed E-state index contributed by atoms with van der Waals surface area (Å²) in [6.07, 6.45) is 0. The third kappa shape index (κ3) is 2.11. The van der Waals surface area contributed by atoms with Crippen molar-refractivity contribution in [1.82, 2.24) is 4.98 Å². The van der Waals surface area contributed by atoms with Crippen LogP contribution in [0.25, 0.3) is 21.2 Å². The largest absolute Gasteiger partial charge is 0.506 e. The molecule has 0 fully saturated rings. The molecule has 0 aliphatic carbocycles. The lowest BCUT2D eigenvalue weighted by Crippen LogP contribution is -2.15. The average molecular weight is 322 g/mol. The first kappa shape index (κ1) is 13.7. The van der Waals surface area contributed by atoms with Crippen LogP contribution in [-0.2, 0) is 0 Å². The number of nitrogens with zero attached hydrogens (tertiary/aromatic N) is 1. The van der Waals surface area contributed by atoms with E-state index < -0.39 is 5.63 Å². The van der Waals surface area contributed by atoms with Crippen molar-refractivity contribution >= 4 is 38.2 Å². The van der Waals surface area contributed by atoms with Gasteiger partial charge in [0.1, 0.15) is 27.6 Å². The maximum Gasteiger partial charge on any atom is 0.349 e. The van der Waals surface area contributed by atoms with Gasteiger partial charge >= 0.3 is 5.63 Å². The van der Waals surface area contributed by atoms with Crippen molar-refractivity contribution in [3.05, 3.63) is 69.5 Å². The molecule has 0 amide bonds. The molecular weight excluding hydrogens is 312 g/mol. The Morgan fingerprint density at radius 3 is 2.70 bits per heavy atom. The molecule has 0 spiro atoms. The minimum Gasteiger partial charge on any atom is -0.506 e. The molecule has 0 bridgehead atoms. The van der Waals surface area contributed by atoms with Gasteiger partial charge in [-0.25, -0.2) is 9.78 Å². The summed E-state index contributed by atoms with van der Waals surface area (Å²) in [5.41, 5.74) is -0.00539. The van der Waals surface area contributed by atoms with Gasteiger partial charge in [-0.2, -0.15) is 0 Å². The quantitative estimate of drug-likeness (QED) is 0.436. The van der Waals surface area contributed by atoms with E-state index in [1.807, 2.05) is 24.3 Å². The van der Waals surface area contributed by atoms with Crippen LogP contribution in [0.1, 0.15) is 10.6 Å². The molecule has 0 aliphatic heterocycles. The fourth-order valence-corrected chi connectivity index (χ4v) is 3.36. The molecule has 2 N–H and O–H groups in total. The van der Waals surface area contributed by atoms with E-state index in [1.165, 1.54) is 11.3 Å². The molecule has 0 radical (unpaired) electrons. The van der Waals surface area contributed by atoms with E-state index in [2.05, 4.69) is 4.98 Å². The van der Waals surface area contributed by atoms with Crippen LogP contribution in [0.3, 0.4) is 0 Å². The molecule has 0 saturated carbocycles. The Hall–Kier alpha value is -2.99. The number of hydrogen-bond acceptors (Lipinski definition) is 6. The molecule has 0 aliphatic rings. The summed E-state index contributed by atoms with van der Waals surface area (Å²) >= 11 is 1.30. The average Bonchev–Trinajstić information content (AvgIpc) is 2.99. The molecule has 23 heavy (non-hydrogen) atoms. The molecule has 112 valence electrons. The summed E-state index contributed by atoms with van der Waals surface area (Å²) in [6, 6.07) is 14.2. The third-order valence-electron chi connectivity index (χ3n) is 3.54. The van der Waals surface area contributed by atoms with Crippen LogP contribution in [-0.4, -0.2) is 15.8 Å². The Balaban J connectivity index is 1.94. The standard InChI is InChI=1S/C17H10N2O3S/c18-14(16-19-10-6-2-4-8-12(10)23-16)13-15(20)9-5-1-3-7-11(9)22-17(13)21/h1-8,18,20H. The second-order valence-corrected chi connectivity index (χ2v) is 6.00.